The van der Waals surface area contributed by atoms with Crippen molar-refractivity contribution in [1.29, 1.82) is 0 Å². The van der Waals surface area contributed by atoms with Crippen LogP contribution in [0.3, 0.4) is 0 Å². The zero-order chi connectivity index (χ0) is 30.3. The normalized spacial score (nSPS) is 13.5. The lowest BCUT2D eigenvalue weighted by molar-refractivity contribution is -0.136. The molecule has 0 fully saturated rings. The van der Waals surface area contributed by atoms with Crippen LogP contribution in [0.4, 0.5) is 4.79 Å². The van der Waals surface area contributed by atoms with Crippen molar-refractivity contribution in [3.63, 3.8) is 0 Å². The van der Waals surface area contributed by atoms with E-state index in [1.165, 1.54) is 7.11 Å². The number of aliphatic hydroxyl groups is 1. The van der Waals surface area contributed by atoms with Crippen molar-refractivity contribution in [1.82, 2.24) is 10.6 Å². The summed E-state index contributed by atoms with van der Waals surface area (Å²) in [6.07, 6.45) is -2.66. The molecule has 0 aliphatic carbocycles. The van der Waals surface area contributed by atoms with E-state index in [9.17, 15) is 19.5 Å². The van der Waals surface area contributed by atoms with Crippen molar-refractivity contribution < 1.29 is 43.2 Å². The Balaban J connectivity index is 1.87. The van der Waals surface area contributed by atoms with E-state index < -0.39 is 55.0 Å². The number of benzene rings is 2. The highest BCUT2D eigenvalue weighted by molar-refractivity contribution is 6.31. The van der Waals surface area contributed by atoms with Gasteiger partial charge in [0.25, 0.3) is 0 Å². The Bertz CT molecular complexity index is 1100. The van der Waals surface area contributed by atoms with Gasteiger partial charge in [0.2, 0.25) is 11.8 Å². The van der Waals surface area contributed by atoms with Crippen LogP contribution in [0, 0.1) is 0 Å². The number of carbonyl (C=O) groups excluding carboxylic acids is 3. The summed E-state index contributed by atoms with van der Waals surface area (Å²) in [6.45, 7) is 4.26. The standard InChI is InChI=1S/C29H39ClN2O9/c1-29(2,3)41-28(36)40-25(22-12-8-9-13-23(22)30)18-38-16-21(15-33)39-19-26(34)32-24(17-37-4)27(35)31-14-20-10-6-5-7-11-20/h5-13,21,24-25,33H,14-19H2,1-4H3,(H,31,35)(H,32,34)/t21?,24-,25-/m1/s1. The number of halogens is 1. The second-order valence-electron chi connectivity index (χ2n) is 10.0. The molecule has 2 aromatic rings. The van der Waals surface area contributed by atoms with Crippen LogP contribution in [-0.2, 0) is 39.8 Å². The quantitative estimate of drug-likeness (QED) is 0.250. The maximum absolute atomic E-state index is 12.6. The van der Waals surface area contributed by atoms with Crippen molar-refractivity contribution in [2.24, 2.45) is 0 Å². The third kappa shape index (κ3) is 13.3. The van der Waals surface area contributed by atoms with Gasteiger partial charge >= 0.3 is 6.16 Å². The van der Waals surface area contributed by atoms with Crippen molar-refractivity contribution >= 4 is 29.6 Å². The predicted octanol–water partition coefficient (Wildman–Crippen LogP) is 3.17. The average Bonchev–Trinajstić information content (AvgIpc) is 2.92. The van der Waals surface area contributed by atoms with Gasteiger partial charge in [-0.2, -0.15) is 0 Å². The van der Waals surface area contributed by atoms with Crippen LogP contribution in [-0.4, -0.2) is 81.0 Å². The first kappa shape index (κ1) is 34.0. The molecular formula is C29H39ClN2O9. The number of carbonyl (C=O) groups is 3. The predicted molar refractivity (Wildman–Crippen MR) is 151 cm³/mol. The number of aliphatic hydroxyl groups excluding tert-OH is 1. The summed E-state index contributed by atoms with van der Waals surface area (Å²) in [5, 5.41) is 15.4. The van der Waals surface area contributed by atoms with Crippen molar-refractivity contribution in [2.75, 3.05) is 40.1 Å². The van der Waals surface area contributed by atoms with Gasteiger partial charge in [0, 0.05) is 24.2 Å². The van der Waals surface area contributed by atoms with Crippen LogP contribution >= 0.6 is 11.6 Å². The number of methoxy groups -OCH3 is 1. The molecule has 0 aliphatic heterocycles. The minimum Gasteiger partial charge on any atom is -0.429 e. The Morgan fingerprint density at radius 2 is 1.66 bits per heavy atom. The highest BCUT2D eigenvalue weighted by Crippen LogP contribution is 2.27. The van der Waals surface area contributed by atoms with Crippen molar-refractivity contribution in [3.8, 4) is 0 Å². The molecule has 0 heterocycles. The van der Waals surface area contributed by atoms with E-state index in [-0.39, 0.29) is 19.8 Å². The van der Waals surface area contributed by atoms with Crippen LogP contribution in [0.1, 0.15) is 38.0 Å². The maximum Gasteiger partial charge on any atom is 0.509 e. The molecule has 2 amide bonds. The summed E-state index contributed by atoms with van der Waals surface area (Å²) in [6, 6.07) is 15.2. The number of amides is 2. The van der Waals surface area contributed by atoms with Gasteiger partial charge in [-0.05, 0) is 32.4 Å². The van der Waals surface area contributed by atoms with Gasteiger partial charge < -0.3 is 39.4 Å². The van der Waals surface area contributed by atoms with Crippen LogP contribution in [0.15, 0.2) is 54.6 Å². The number of hydrogen-bond acceptors (Lipinski definition) is 9. The molecule has 2 rings (SSSR count). The van der Waals surface area contributed by atoms with Gasteiger partial charge in [-0.15, -0.1) is 0 Å². The van der Waals surface area contributed by atoms with Gasteiger partial charge in [0.05, 0.1) is 26.4 Å². The molecule has 0 saturated heterocycles. The Labute approximate surface area is 245 Å². The number of hydrogen-bond donors (Lipinski definition) is 3. The molecule has 0 aromatic heterocycles. The van der Waals surface area contributed by atoms with E-state index in [1.54, 1.807) is 45.0 Å². The second kappa shape index (κ2) is 17.6. The third-order valence-corrected chi connectivity index (χ3v) is 5.75. The zero-order valence-corrected chi connectivity index (χ0v) is 24.5. The summed E-state index contributed by atoms with van der Waals surface area (Å²) in [4.78, 5) is 37.4. The van der Waals surface area contributed by atoms with Crippen LogP contribution in [0.25, 0.3) is 0 Å². The molecule has 0 spiro atoms. The lowest BCUT2D eigenvalue weighted by atomic mass is 10.1. The highest BCUT2D eigenvalue weighted by Gasteiger charge is 2.25. The van der Waals surface area contributed by atoms with E-state index in [0.29, 0.717) is 17.1 Å². The average molecular weight is 595 g/mol. The fraction of sp³-hybridized carbons (Fsp3) is 0.483. The molecule has 41 heavy (non-hydrogen) atoms. The van der Waals surface area contributed by atoms with Gasteiger partial charge in [-0.25, -0.2) is 4.79 Å². The smallest absolute Gasteiger partial charge is 0.429 e. The van der Waals surface area contributed by atoms with E-state index in [1.807, 2.05) is 30.3 Å². The number of ether oxygens (including phenoxy) is 5. The third-order valence-electron chi connectivity index (χ3n) is 5.40. The minimum atomic E-state index is -0.940. The minimum absolute atomic E-state index is 0.0417. The lowest BCUT2D eigenvalue weighted by Gasteiger charge is -2.24. The van der Waals surface area contributed by atoms with Gasteiger partial charge in [0.15, 0.2) is 6.10 Å². The summed E-state index contributed by atoms with van der Waals surface area (Å²) >= 11 is 6.29. The molecule has 3 N–H and O–H groups in total. The number of nitrogens with one attached hydrogen (secondary N) is 2. The Kier molecular flexibility index (Phi) is 14.6. The largest absolute Gasteiger partial charge is 0.509 e. The van der Waals surface area contributed by atoms with E-state index >= 15 is 0 Å². The van der Waals surface area contributed by atoms with Gasteiger partial charge in [-0.3, -0.25) is 9.59 Å². The molecule has 12 heteroatoms. The van der Waals surface area contributed by atoms with E-state index in [2.05, 4.69) is 10.6 Å². The molecule has 1 unspecified atom stereocenters. The van der Waals surface area contributed by atoms with Crippen molar-refractivity contribution in [3.05, 3.63) is 70.7 Å². The lowest BCUT2D eigenvalue weighted by Crippen LogP contribution is -2.50. The van der Waals surface area contributed by atoms with Crippen LogP contribution in [0.5, 0.6) is 0 Å². The Morgan fingerprint density at radius 3 is 2.29 bits per heavy atom. The second-order valence-corrected chi connectivity index (χ2v) is 10.4. The summed E-state index contributed by atoms with van der Waals surface area (Å²) < 4.78 is 26.9. The van der Waals surface area contributed by atoms with Crippen LogP contribution < -0.4 is 10.6 Å². The fourth-order valence-corrected chi connectivity index (χ4v) is 3.72. The molecule has 0 saturated carbocycles. The summed E-state index contributed by atoms with van der Waals surface area (Å²) in [5.41, 5.74) is 0.658. The van der Waals surface area contributed by atoms with Gasteiger partial charge in [0.1, 0.15) is 24.4 Å². The fourth-order valence-electron chi connectivity index (χ4n) is 3.46. The monoisotopic (exact) mass is 594 g/mol. The molecule has 2 aromatic carbocycles. The Hall–Kier alpha value is -3.22. The van der Waals surface area contributed by atoms with Crippen LogP contribution in [0.2, 0.25) is 5.02 Å². The maximum atomic E-state index is 12.6. The molecular weight excluding hydrogens is 556 g/mol. The van der Waals surface area contributed by atoms with E-state index in [4.69, 9.17) is 35.3 Å². The first-order valence-corrected chi connectivity index (χ1v) is 13.4. The molecule has 3 atom stereocenters. The number of rotatable bonds is 16. The van der Waals surface area contributed by atoms with E-state index in [0.717, 1.165) is 5.56 Å². The summed E-state index contributed by atoms with van der Waals surface area (Å²) in [7, 11) is 1.42. The topological polar surface area (TPSA) is 142 Å². The first-order valence-electron chi connectivity index (χ1n) is 13.1. The highest BCUT2D eigenvalue weighted by atomic mass is 35.5. The molecule has 0 bridgehead atoms. The Morgan fingerprint density at radius 1 is 0.976 bits per heavy atom. The first-order chi connectivity index (χ1) is 19.5. The van der Waals surface area contributed by atoms with Gasteiger partial charge in [-0.1, -0.05) is 60.1 Å². The SMILES string of the molecule is COC[C@@H](NC(=O)COC(CO)COC[C@@H](OC(=O)OC(C)(C)C)c1ccccc1Cl)C(=O)NCc1ccccc1. The zero-order valence-electron chi connectivity index (χ0n) is 23.8. The molecule has 0 radical (unpaired) electrons. The molecule has 11 nitrogen and oxygen atoms in total. The van der Waals surface area contributed by atoms with Crippen molar-refractivity contribution in [2.45, 2.75) is 51.2 Å². The summed E-state index contributed by atoms with van der Waals surface area (Å²) in [5.74, 6) is -0.996. The molecule has 0 aliphatic rings. The molecule has 226 valence electrons.